The maximum atomic E-state index is 13.3. The number of likely N-dealkylation sites (N-methyl/N-ethyl adjacent to an activating group) is 1. The normalized spacial score (nSPS) is 16.7. The van der Waals surface area contributed by atoms with Crippen LogP contribution in [0.5, 0.6) is 0 Å². The lowest BCUT2D eigenvalue weighted by molar-refractivity contribution is -0.384. The van der Waals surface area contributed by atoms with Gasteiger partial charge in [0.25, 0.3) is 11.6 Å². The lowest BCUT2D eigenvalue weighted by atomic mass is 10.1. The zero-order valence-corrected chi connectivity index (χ0v) is 18.1. The van der Waals surface area contributed by atoms with Crippen LogP contribution in [-0.2, 0) is 0 Å². The molecule has 1 N–H and O–H groups in total. The number of piperidine rings is 1. The molecule has 3 aromatic rings. The molecule has 1 aliphatic heterocycles. The van der Waals surface area contributed by atoms with Crippen molar-refractivity contribution in [3.8, 4) is 21.8 Å². The molecule has 1 aromatic heterocycles. The molecule has 160 valence electrons. The van der Waals surface area contributed by atoms with Gasteiger partial charge in [-0.25, -0.2) is 4.98 Å². The Morgan fingerprint density at radius 1 is 1.23 bits per heavy atom. The average molecular weight is 437 g/mol. The number of nitro groups is 1. The van der Waals surface area contributed by atoms with E-state index in [0.717, 1.165) is 38.0 Å². The third kappa shape index (κ3) is 4.81. The molecule has 1 amide bonds. The summed E-state index contributed by atoms with van der Waals surface area (Å²) in [6, 6.07) is 16.0. The zero-order valence-electron chi connectivity index (χ0n) is 17.3. The number of thiazole rings is 1. The summed E-state index contributed by atoms with van der Waals surface area (Å²) in [6.07, 6.45) is 1.99. The summed E-state index contributed by atoms with van der Waals surface area (Å²) in [7, 11) is 0. The van der Waals surface area contributed by atoms with Gasteiger partial charge in [0, 0.05) is 35.8 Å². The van der Waals surface area contributed by atoms with Crippen LogP contribution < -0.4 is 5.32 Å². The largest absolute Gasteiger partial charge is 0.347 e. The lowest BCUT2D eigenvalue weighted by Gasteiger charge is -2.32. The van der Waals surface area contributed by atoms with Crippen LogP contribution in [0.4, 0.5) is 5.69 Å². The topological polar surface area (TPSA) is 88.4 Å². The van der Waals surface area contributed by atoms with Gasteiger partial charge in [0.2, 0.25) is 0 Å². The zero-order chi connectivity index (χ0) is 21.8. The maximum absolute atomic E-state index is 13.3. The maximum Gasteiger partial charge on any atom is 0.270 e. The minimum absolute atomic E-state index is 0.0241. The first-order valence-corrected chi connectivity index (χ1v) is 11.2. The van der Waals surface area contributed by atoms with Gasteiger partial charge in [-0.2, -0.15) is 0 Å². The molecule has 1 aliphatic rings. The number of nitrogens with zero attached hydrogens (tertiary/aromatic N) is 3. The van der Waals surface area contributed by atoms with E-state index in [0.29, 0.717) is 21.1 Å². The highest BCUT2D eigenvalue weighted by Gasteiger charge is 2.25. The van der Waals surface area contributed by atoms with Gasteiger partial charge < -0.3 is 10.2 Å². The molecule has 0 spiro atoms. The van der Waals surface area contributed by atoms with E-state index in [1.54, 1.807) is 12.1 Å². The van der Waals surface area contributed by atoms with E-state index in [9.17, 15) is 14.9 Å². The van der Waals surface area contributed by atoms with Crippen molar-refractivity contribution >= 4 is 22.9 Å². The number of non-ortho nitro benzene ring substituents is 1. The van der Waals surface area contributed by atoms with E-state index in [1.165, 1.54) is 23.5 Å². The van der Waals surface area contributed by atoms with Crippen LogP contribution in [0, 0.1) is 10.1 Å². The van der Waals surface area contributed by atoms with Crippen LogP contribution in [0.15, 0.2) is 54.6 Å². The second kappa shape index (κ2) is 9.36. The first-order valence-electron chi connectivity index (χ1n) is 10.4. The van der Waals surface area contributed by atoms with Gasteiger partial charge in [-0.1, -0.05) is 49.4 Å². The van der Waals surface area contributed by atoms with Gasteiger partial charge in [0.15, 0.2) is 0 Å². The third-order valence-electron chi connectivity index (χ3n) is 5.47. The highest BCUT2D eigenvalue weighted by molar-refractivity contribution is 7.17. The number of likely N-dealkylation sites (tertiary alicyclic amines) is 1. The Bertz CT molecular complexity index is 1080. The van der Waals surface area contributed by atoms with Crippen LogP contribution >= 0.6 is 11.3 Å². The molecule has 0 radical (unpaired) electrons. The smallest absolute Gasteiger partial charge is 0.270 e. The number of hydrogen-bond donors (Lipinski definition) is 1. The Labute approximate surface area is 184 Å². The van der Waals surface area contributed by atoms with Crippen LogP contribution in [-0.4, -0.2) is 46.4 Å². The fourth-order valence-electron chi connectivity index (χ4n) is 3.85. The van der Waals surface area contributed by atoms with Crippen molar-refractivity contribution in [3.05, 3.63) is 69.6 Å². The predicted octanol–water partition coefficient (Wildman–Crippen LogP) is 4.60. The summed E-state index contributed by atoms with van der Waals surface area (Å²) in [5, 5.41) is 15.1. The number of carbonyl (C=O) groups is 1. The summed E-state index contributed by atoms with van der Waals surface area (Å²) < 4.78 is 0. The van der Waals surface area contributed by atoms with Crippen LogP contribution in [0.2, 0.25) is 0 Å². The van der Waals surface area contributed by atoms with Crippen LogP contribution in [0.1, 0.15) is 29.4 Å². The summed E-state index contributed by atoms with van der Waals surface area (Å²) in [5.74, 6) is -0.177. The molecule has 31 heavy (non-hydrogen) atoms. The van der Waals surface area contributed by atoms with Crippen molar-refractivity contribution in [3.63, 3.8) is 0 Å². The summed E-state index contributed by atoms with van der Waals surface area (Å²) in [6.45, 7) is 4.98. The number of amides is 1. The summed E-state index contributed by atoms with van der Waals surface area (Å²) >= 11 is 1.32. The summed E-state index contributed by atoms with van der Waals surface area (Å²) in [5.41, 5.74) is 1.93. The standard InChI is InChI=1S/C23H24N4O3S/c1-2-26-13-7-11-18(15-26)24-22(28)21-20(17-10-6-12-19(14-17)27(29)30)25-23(31-21)16-8-4-3-5-9-16/h3-6,8-10,12,14,18H,2,7,11,13,15H2,1H3,(H,24,28). The average Bonchev–Trinajstić information content (AvgIpc) is 3.26. The van der Waals surface area contributed by atoms with E-state index in [4.69, 9.17) is 4.98 Å². The van der Waals surface area contributed by atoms with E-state index in [2.05, 4.69) is 17.1 Å². The van der Waals surface area contributed by atoms with E-state index >= 15 is 0 Å². The number of hydrogen-bond acceptors (Lipinski definition) is 6. The van der Waals surface area contributed by atoms with Crippen molar-refractivity contribution in [1.29, 1.82) is 0 Å². The van der Waals surface area contributed by atoms with Gasteiger partial charge in [-0.05, 0) is 25.9 Å². The quantitative estimate of drug-likeness (QED) is 0.451. The molecular weight excluding hydrogens is 412 g/mol. The SMILES string of the molecule is CCN1CCCC(NC(=O)c2sc(-c3ccccc3)nc2-c2cccc([N+](=O)[O-])c2)C1. The molecule has 0 saturated carbocycles. The molecule has 1 atom stereocenters. The third-order valence-corrected chi connectivity index (χ3v) is 6.58. The number of benzene rings is 2. The fourth-order valence-corrected chi connectivity index (χ4v) is 4.85. The number of nitrogens with one attached hydrogen (secondary N) is 1. The van der Waals surface area contributed by atoms with E-state index in [1.807, 2.05) is 30.3 Å². The predicted molar refractivity (Wildman–Crippen MR) is 122 cm³/mol. The first kappa shape index (κ1) is 21.1. The first-order chi connectivity index (χ1) is 15.0. The monoisotopic (exact) mass is 436 g/mol. The molecule has 1 fully saturated rings. The molecule has 0 aliphatic carbocycles. The van der Waals surface area contributed by atoms with E-state index < -0.39 is 4.92 Å². The number of nitro benzene ring substituents is 1. The molecule has 1 unspecified atom stereocenters. The van der Waals surface area contributed by atoms with Crippen molar-refractivity contribution in [1.82, 2.24) is 15.2 Å². The fraction of sp³-hybridized carbons (Fsp3) is 0.304. The number of aromatic nitrogens is 1. The molecular formula is C23H24N4O3S. The number of carbonyl (C=O) groups excluding carboxylic acids is 1. The Kier molecular flexibility index (Phi) is 6.39. The van der Waals surface area contributed by atoms with Crippen LogP contribution in [0.25, 0.3) is 21.8 Å². The molecule has 0 bridgehead atoms. The van der Waals surface area contributed by atoms with Gasteiger partial charge in [-0.3, -0.25) is 14.9 Å². The second-order valence-electron chi connectivity index (χ2n) is 7.58. The van der Waals surface area contributed by atoms with Gasteiger partial charge in [-0.15, -0.1) is 11.3 Å². The minimum Gasteiger partial charge on any atom is -0.347 e. The Hall–Kier alpha value is -3.10. The van der Waals surface area contributed by atoms with Crippen molar-refractivity contribution in [2.75, 3.05) is 19.6 Å². The van der Waals surface area contributed by atoms with Gasteiger partial charge in [0.05, 0.1) is 10.6 Å². The van der Waals surface area contributed by atoms with Crippen molar-refractivity contribution in [2.45, 2.75) is 25.8 Å². The lowest BCUT2D eigenvalue weighted by Crippen LogP contribution is -2.47. The minimum atomic E-state index is -0.435. The summed E-state index contributed by atoms with van der Waals surface area (Å²) in [4.78, 5) is 31.6. The Morgan fingerprint density at radius 3 is 2.74 bits per heavy atom. The highest BCUT2D eigenvalue weighted by Crippen LogP contribution is 2.35. The van der Waals surface area contributed by atoms with Gasteiger partial charge >= 0.3 is 0 Å². The Morgan fingerprint density at radius 2 is 2.00 bits per heavy atom. The van der Waals surface area contributed by atoms with Crippen molar-refractivity contribution in [2.24, 2.45) is 0 Å². The Balaban J connectivity index is 1.70. The molecule has 2 aromatic carbocycles. The van der Waals surface area contributed by atoms with Crippen molar-refractivity contribution < 1.29 is 9.72 Å². The molecule has 7 nitrogen and oxygen atoms in total. The molecule has 8 heteroatoms. The molecule has 2 heterocycles. The highest BCUT2D eigenvalue weighted by atomic mass is 32.1. The van der Waals surface area contributed by atoms with Crippen LogP contribution in [0.3, 0.4) is 0 Å². The second-order valence-corrected chi connectivity index (χ2v) is 8.58. The number of rotatable bonds is 6. The van der Waals surface area contributed by atoms with E-state index in [-0.39, 0.29) is 17.6 Å². The molecule has 4 rings (SSSR count). The van der Waals surface area contributed by atoms with Gasteiger partial charge in [0.1, 0.15) is 9.88 Å². The molecule has 1 saturated heterocycles.